The van der Waals surface area contributed by atoms with Crippen LogP contribution in [-0.4, -0.2) is 45.4 Å². The van der Waals surface area contributed by atoms with Crippen molar-refractivity contribution in [3.63, 3.8) is 0 Å². The number of amides is 2. The van der Waals surface area contributed by atoms with Crippen molar-refractivity contribution in [3.8, 4) is 0 Å². The Kier molecular flexibility index (Phi) is 4.61. The van der Waals surface area contributed by atoms with Crippen LogP contribution in [0.3, 0.4) is 0 Å². The van der Waals surface area contributed by atoms with Gasteiger partial charge in [0.05, 0.1) is 11.4 Å². The summed E-state index contributed by atoms with van der Waals surface area (Å²) in [5.41, 5.74) is 1.56. The second-order valence-electron chi connectivity index (χ2n) is 5.86. The van der Waals surface area contributed by atoms with E-state index < -0.39 is 6.04 Å². The van der Waals surface area contributed by atoms with Crippen LogP contribution in [0, 0.1) is 0 Å². The van der Waals surface area contributed by atoms with Gasteiger partial charge in [-0.25, -0.2) is 0 Å². The van der Waals surface area contributed by atoms with Gasteiger partial charge in [0.25, 0.3) is 5.91 Å². The van der Waals surface area contributed by atoms with Crippen LogP contribution in [0.4, 0.5) is 0 Å². The standard InChI is InChI=1S/C17H21N3O2S/c1-3-11(2)19-16(21)15-9-23-10-20(15)17(22)13-8-18-14-7-5-4-6-12(13)14/h4-8,11,15,18H,3,9-10H2,1-2H3,(H,19,21)/t11-,15-/m0/s1. The zero-order chi connectivity index (χ0) is 16.4. The van der Waals surface area contributed by atoms with Gasteiger partial charge in [0.15, 0.2) is 0 Å². The third kappa shape index (κ3) is 3.08. The number of benzene rings is 1. The van der Waals surface area contributed by atoms with Gasteiger partial charge in [-0.3, -0.25) is 9.59 Å². The number of rotatable bonds is 4. The Labute approximate surface area is 139 Å². The molecule has 23 heavy (non-hydrogen) atoms. The molecule has 1 aromatic carbocycles. The number of para-hydroxylation sites is 1. The average molecular weight is 331 g/mol. The fourth-order valence-electron chi connectivity index (χ4n) is 2.70. The molecule has 0 aliphatic carbocycles. The van der Waals surface area contributed by atoms with Gasteiger partial charge in [0.1, 0.15) is 6.04 Å². The molecule has 1 saturated heterocycles. The monoisotopic (exact) mass is 331 g/mol. The Balaban J connectivity index is 1.82. The number of nitrogens with one attached hydrogen (secondary N) is 2. The van der Waals surface area contributed by atoms with Crippen molar-refractivity contribution in [2.45, 2.75) is 32.4 Å². The Bertz CT molecular complexity index is 727. The van der Waals surface area contributed by atoms with Crippen molar-refractivity contribution >= 4 is 34.5 Å². The molecule has 1 aliphatic rings. The maximum atomic E-state index is 12.9. The molecular weight excluding hydrogens is 310 g/mol. The second kappa shape index (κ2) is 6.66. The Hall–Kier alpha value is -1.95. The molecule has 2 atom stereocenters. The van der Waals surface area contributed by atoms with E-state index in [0.29, 0.717) is 17.2 Å². The van der Waals surface area contributed by atoms with Crippen LogP contribution in [0.25, 0.3) is 10.9 Å². The molecular formula is C17H21N3O2S. The minimum atomic E-state index is -0.393. The van der Waals surface area contributed by atoms with Gasteiger partial charge in [0.2, 0.25) is 5.91 Å². The van der Waals surface area contributed by atoms with Crippen molar-refractivity contribution in [2.24, 2.45) is 0 Å². The van der Waals surface area contributed by atoms with Crippen LogP contribution in [0.15, 0.2) is 30.5 Å². The quantitative estimate of drug-likeness (QED) is 0.905. The molecule has 122 valence electrons. The van der Waals surface area contributed by atoms with E-state index in [-0.39, 0.29) is 17.9 Å². The zero-order valence-electron chi connectivity index (χ0n) is 13.3. The van der Waals surface area contributed by atoms with Crippen molar-refractivity contribution < 1.29 is 9.59 Å². The molecule has 3 rings (SSSR count). The van der Waals surface area contributed by atoms with Crippen molar-refractivity contribution in [1.82, 2.24) is 15.2 Å². The van der Waals surface area contributed by atoms with Gasteiger partial charge in [-0.1, -0.05) is 25.1 Å². The summed E-state index contributed by atoms with van der Waals surface area (Å²) in [6, 6.07) is 7.45. The first kappa shape index (κ1) is 15.9. The van der Waals surface area contributed by atoms with E-state index >= 15 is 0 Å². The topological polar surface area (TPSA) is 65.2 Å². The maximum absolute atomic E-state index is 12.9. The number of nitrogens with zero attached hydrogens (tertiary/aromatic N) is 1. The van der Waals surface area contributed by atoms with Gasteiger partial charge >= 0.3 is 0 Å². The van der Waals surface area contributed by atoms with Gasteiger partial charge in [0, 0.05) is 28.9 Å². The SMILES string of the molecule is CC[C@H](C)NC(=O)[C@@H]1CSCN1C(=O)c1c[nH]c2ccccc12. The number of aromatic nitrogens is 1. The molecule has 0 radical (unpaired) electrons. The highest BCUT2D eigenvalue weighted by molar-refractivity contribution is 7.99. The highest BCUT2D eigenvalue weighted by Gasteiger charge is 2.36. The Morgan fingerprint density at radius 1 is 1.43 bits per heavy atom. The number of thioether (sulfide) groups is 1. The molecule has 2 heterocycles. The van der Waals surface area contributed by atoms with Crippen LogP contribution in [-0.2, 0) is 4.79 Å². The lowest BCUT2D eigenvalue weighted by Gasteiger charge is -2.24. The molecule has 5 nitrogen and oxygen atoms in total. The normalized spacial score (nSPS) is 19.0. The first-order valence-electron chi connectivity index (χ1n) is 7.87. The van der Waals surface area contributed by atoms with E-state index in [1.807, 2.05) is 38.1 Å². The molecule has 2 amide bonds. The number of H-pyrrole nitrogens is 1. The zero-order valence-corrected chi connectivity index (χ0v) is 14.2. The third-order valence-electron chi connectivity index (χ3n) is 4.27. The summed E-state index contributed by atoms with van der Waals surface area (Å²) in [5.74, 6) is 1.06. The molecule has 0 unspecified atom stereocenters. The van der Waals surface area contributed by atoms with Gasteiger partial charge in [-0.15, -0.1) is 11.8 Å². The van der Waals surface area contributed by atoms with E-state index in [9.17, 15) is 9.59 Å². The van der Waals surface area contributed by atoms with Crippen molar-refractivity contribution in [1.29, 1.82) is 0 Å². The molecule has 0 saturated carbocycles. The largest absolute Gasteiger partial charge is 0.360 e. The molecule has 1 fully saturated rings. The van der Waals surface area contributed by atoms with Crippen LogP contribution in [0.1, 0.15) is 30.6 Å². The smallest absolute Gasteiger partial charge is 0.257 e. The summed E-state index contributed by atoms with van der Waals surface area (Å²) in [5, 5.41) is 3.88. The molecule has 1 aromatic heterocycles. The van der Waals surface area contributed by atoms with Crippen molar-refractivity contribution in [2.75, 3.05) is 11.6 Å². The third-order valence-corrected chi connectivity index (χ3v) is 5.28. The van der Waals surface area contributed by atoms with Crippen LogP contribution < -0.4 is 5.32 Å². The van der Waals surface area contributed by atoms with Crippen molar-refractivity contribution in [3.05, 3.63) is 36.0 Å². The highest BCUT2D eigenvalue weighted by atomic mass is 32.2. The van der Waals surface area contributed by atoms with Gasteiger partial charge < -0.3 is 15.2 Å². The molecule has 0 spiro atoms. The lowest BCUT2D eigenvalue weighted by atomic mass is 10.1. The first-order valence-corrected chi connectivity index (χ1v) is 9.02. The summed E-state index contributed by atoms with van der Waals surface area (Å²) in [6.07, 6.45) is 2.61. The summed E-state index contributed by atoms with van der Waals surface area (Å²) in [7, 11) is 0. The van der Waals surface area contributed by atoms with E-state index in [0.717, 1.165) is 17.3 Å². The fourth-order valence-corrected chi connectivity index (χ4v) is 3.86. The minimum absolute atomic E-state index is 0.0578. The van der Waals surface area contributed by atoms with Crippen LogP contribution in [0.2, 0.25) is 0 Å². The molecule has 6 heteroatoms. The Morgan fingerprint density at radius 3 is 3.00 bits per heavy atom. The average Bonchev–Trinajstić information content (AvgIpc) is 3.21. The molecule has 2 N–H and O–H groups in total. The number of hydrogen-bond donors (Lipinski definition) is 2. The predicted octanol–water partition coefficient (Wildman–Crippen LogP) is 2.60. The summed E-state index contributed by atoms with van der Waals surface area (Å²) in [6.45, 7) is 4.01. The molecule has 2 aromatic rings. The summed E-state index contributed by atoms with van der Waals surface area (Å²) >= 11 is 1.62. The number of carbonyl (C=O) groups is 2. The number of aromatic amines is 1. The fraction of sp³-hybridized carbons (Fsp3) is 0.412. The van der Waals surface area contributed by atoms with E-state index in [2.05, 4.69) is 10.3 Å². The maximum Gasteiger partial charge on any atom is 0.257 e. The van der Waals surface area contributed by atoms with Gasteiger partial charge in [-0.2, -0.15) is 0 Å². The van der Waals surface area contributed by atoms with Crippen LogP contribution >= 0.6 is 11.8 Å². The number of carbonyl (C=O) groups excluding carboxylic acids is 2. The summed E-state index contributed by atoms with van der Waals surface area (Å²) < 4.78 is 0. The second-order valence-corrected chi connectivity index (χ2v) is 6.86. The first-order chi connectivity index (χ1) is 11.1. The van der Waals surface area contributed by atoms with E-state index in [4.69, 9.17) is 0 Å². The van der Waals surface area contributed by atoms with E-state index in [1.54, 1.807) is 22.9 Å². The van der Waals surface area contributed by atoms with Gasteiger partial charge in [-0.05, 0) is 19.4 Å². The Morgan fingerprint density at radius 2 is 2.22 bits per heavy atom. The van der Waals surface area contributed by atoms with Crippen LogP contribution in [0.5, 0.6) is 0 Å². The summed E-state index contributed by atoms with van der Waals surface area (Å²) in [4.78, 5) is 30.1. The lowest BCUT2D eigenvalue weighted by molar-refractivity contribution is -0.125. The lowest BCUT2D eigenvalue weighted by Crippen LogP contribution is -2.49. The number of hydrogen-bond acceptors (Lipinski definition) is 3. The predicted molar refractivity (Wildman–Crippen MR) is 93.5 cm³/mol. The number of fused-ring (bicyclic) bond motifs is 1. The van der Waals surface area contributed by atoms with E-state index in [1.165, 1.54) is 0 Å². The molecule has 0 bridgehead atoms. The molecule has 1 aliphatic heterocycles. The highest BCUT2D eigenvalue weighted by Crippen LogP contribution is 2.26. The minimum Gasteiger partial charge on any atom is -0.360 e.